The van der Waals surface area contributed by atoms with Crippen molar-refractivity contribution in [3.63, 3.8) is 0 Å². The van der Waals surface area contributed by atoms with E-state index in [1.54, 1.807) is 12.1 Å². The molecule has 1 aromatic carbocycles. The van der Waals surface area contributed by atoms with Crippen LogP contribution in [0.1, 0.15) is 19.8 Å². The van der Waals surface area contributed by atoms with Gasteiger partial charge in [-0.25, -0.2) is 0 Å². The SMILES string of the molecule is C[C@@H]1CCCN(C(=O)Cn2c(=S)[nH]c3ccccc3c2=O)C1. The highest BCUT2D eigenvalue weighted by Crippen LogP contribution is 2.15. The Kier molecular flexibility index (Phi) is 4.11. The van der Waals surface area contributed by atoms with Gasteiger partial charge in [0.15, 0.2) is 4.77 Å². The van der Waals surface area contributed by atoms with Crippen molar-refractivity contribution in [2.45, 2.75) is 26.3 Å². The van der Waals surface area contributed by atoms with E-state index in [-0.39, 0.29) is 18.0 Å². The Bertz CT molecular complexity index is 824. The molecule has 1 aliphatic heterocycles. The summed E-state index contributed by atoms with van der Waals surface area (Å²) in [5, 5.41) is 0.552. The Morgan fingerprint density at radius 1 is 1.41 bits per heavy atom. The summed E-state index contributed by atoms with van der Waals surface area (Å²) in [5.74, 6) is 0.476. The van der Waals surface area contributed by atoms with Crippen molar-refractivity contribution in [1.29, 1.82) is 0 Å². The summed E-state index contributed by atoms with van der Waals surface area (Å²) < 4.78 is 1.65. The molecule has 0 saturated carbocycles. The van der Waals surface area contributed by atoms with Gasteiger partial charge < -0.3 is 9.88 Å². The standard InChI is InChI=1S/C16H19N3O2S/c1-11-5-4-8-18(9-11)14(20)10-19-15(21)12-6-2-3-7-13(12)17-16(19)22/h2-3,6-7,11H,4-5,8-10H2,1H3,(H,17,22)/t11-/m1/s1. The van der Waals surface area contributed by atoms with Crippen LogP contribution >= 0.6 is 12.2 Å². The average molecular weight is 317 g/mol. The third kappa shape index (κ3) is 2.83. The first kappa shape index (κ1) is 15.0. The number of carbonyl (C=O) groups excluding carboxylic acids is 1. The Morgan fingerprint density at radius 3 is 2.95 bits per heavy atom. The summed E-state index contributed by atoms with van der Waals surface area (Å²) in [6.45, 7) is 3.68. The predicted octanol–water partition coefficient (Wildman–Crippen LogP) is 2.32. The molecule has 22 heavy (non-hydrogen) atoms. The van der Waals surface area contributed by atoms with E-state index >= 15 is 0 Å². The summed E-state index contributed by atoms with van der Waals surface area (Å²) in [7, 11) is 0. The molecule has 2 heterocycles. The second-order valence-corrected chi connectivity index (χ2v) is 6.34. The van der Waals surface area contributed by atoms with Crippen molar-refractivity contribution in [2.24, 2.45) is 5.92 Å². The zero-order valence-electron chi connectivity index (χ0n) is 12.5. The number of rotatable bonds is 2. The van der Waals surface area contributed by atoms with Crippen LogP contribution in [-0.2, 0) is 11.3 Å². The maximum Gasteiger partial charge on any atom is 0.262 e. The number of piperidine rings is 1. The van der Waals surface area contributed by atoms with E-state index in [1.165, 1.54) is 4.57 Å². The topological polar surface area (TPSA) is 58.1 Å². The summed E-state index contributed by atoms with van der Waals surface area (Å²) in [6, 6.07) is 7.20. The molecule has 0 aliphatic carbocycles. The molecule has 1 amide bonds. The molecule has 116 valence electrons. The van der Waals surface area contributed by atoms with Gasteiger partial charge in [-0.15, -0.1) is 0 Å². The molecule has 1 aliphatic rings. The number of nitrogens with zero attached hydrogens (tertiary/aromatic N) is 2. The van der Waals surface area contributed by atoms with Crippen LogP contribution in [0.25, 0.3) is 10.9 Å². The minimum Gasteiger partial charge on any atom is -0.341 e. The van der Waals surface area contributed by atoms with E-state index in [2.05, 4.69) is 11.9 Å². The molecule has 2 aromatic rings. The molecule has 3 rings (SSSR count). The smallest absolute Gasteiger partial charge is 0.262 e. The number of carbonyl (C=O) groups is 1. The highest BCUT2D eigenvalue weighted by atomic mass is 32.1. The molecule has 5 nitrogen and oxygen atoms in total. The molecule has 0 bridgehead atoms. The summed E-state index contributed by atoms with van der Waals surface area (Å²) in [4.78, 5) is 29.9. The van der Waals surface area contributed by atoms with Crippen LogP contribution in [0.2, 0.25) is 0 Å². The van der Waals surface area contributed by atoms with Crippen molar-refractivity contribution in [3.05, 3.63) is 39.4 Å². The third-order valence-corrected chi connectivity index (χ3v) is 4.51. The number of benzene rings is 1. The zero-order chi connectivity index (χ0) is 15.7. The van der Waals surface area contributed by atoms with Crippen LogP contribution in [0.5, 0.6) is 0 Å². The number of aromatic nitrogens is 2. The summed E-state index contributed by atoms with van der Waals surface area (Å²) >= 11 is 5.25. The molecular weight excluding hydrogens is 298 g/mol. The lowest BCUT2D eigenvalue weighted by molar-refractivity contribution is -0.133. The van der Waals surface area contributed by atoms with Crippen molar-refractivity contribution in [1.82, 2.24) is 14.5 Å². The van der Waals surface area contributed by atoms with Crippen LogP contribution in [0.3, 0.4) is 0 Å². The van der Waals surface area contributed by atoms with E-state index in [9.17, 15) is 9.59 Å². The zero-order valence-corrected chi connectivity index (χ0v) is 13.4. The van der Waals surface area contributed by atoms with E-state index < -0.39 is 0 Å². The largest absolute Gasteiger partial charge is 0.341 e. The lowest BCUT2D eigenvalue weighted by Crippen LogP contribution is -2.42. The molecule has 1 fully saturated rings. The van der Waals surface area contributed by atoms with Gasteiger partial charge in [-0.05, 0) is 43.1 Å². The van der Waals surface area contributed by atoms with Crippen molar-refractivity contribution >= 4 is 29.0 Å². The second kappa shape index (κ2) is 6.04. The van der Waals surface area contributed by atoms with E-state index in [0.29, 0.717) is 21.6 Å². The first-order valence-electron chi connectivity index (χ1n) is 7.56. The average Bonchev–Trinajstić information content (AvgIpc) is 2.51. The number of aromatic amines is 1. The minimum atomic E-state index is -0.210. The quantitative estimate of drug-likeness (QED) is 0.865. The maximum absolute atomic E-state index is 12.5. The first-order chi connectivity index (χ1) is 10.6. The number of fused-ring (bicyclic) bond motifs is 1. The molecule has 1 N–H and O–H groups in total. The van der Waals surface area contributed by atoms with Gasteiger partial charge in [0, 0.05) is 13.1 Å². The number of hydrogen-bond acceptors (Lipinski definition) is 3. The number of amides is 1. The van der Waals surface area contributed by atoms with Crippen molar-refractivity contribution in [2.75, 3.05) is 13.1 Å². The minimum absolute atomic E-state index is 0.00568. The van der Waals surface area contributed by atoms with Gasteiger partial charge in [0.1, 0.15) is 6.54 Å². The fourth-order valence-corrected chi connectivity index (χ4v) is 3.25. The van der Waals surface area contributed by atoms with Gasteiger partial charge in [-0.2, -0.15) is 0 Å². The molecule has 6 heteroatoms. The number of hydrogen-bond donors (Lipinski definition) is 1. The van der Waals surface area contributed by atoms with Gasteiger partial charge in [0.25, 0.3) is 5.56 Å². The molecule has 0 unspecified atom stereocenters. The Morgan fingerprint density at radius 2 is 2.18 bits per heavy atom. The van der Waals surface area contributed by atoms with Gasteiger partial charge in [0.05, 0.1) is 10.9 Å². The Balaban J connectivity index is 1.92. The normalized spacial score (nSPS) is 18.6. The van der Waals surface area contributed by atoms with E-state index in [1.807, 2.05) is 17.0 Å². The summed E-state index contributed by atoms with van der Waals surface area (Å²) in [5.41, 5.74) is 0.491. The van der Waals surface area contributed by atoms with E-state index in [4.69, 9.17) is 12.2 Å². The first-order valence-corrected chi connectivity index (χ1v) is 7.96. The molecule has 0 spiro atoms. The lowest BCUT2D eigenvalue weighted by atomic mass is 10.0. The Labute approximate surface area is 133 Å². The molecular formula is C16H19N3O2S. The fraction of sp³-hybridized carbons (Fsp3) is 0.438. The van der Waals surface area contributed by atoms with Crippen molar-refractivity contribution < 1.29 is 4.79 Å². The van der Waals surface area contributed by atoms with Crippen LogP contribution in [-0.4, -0.2) is 33.4 Å². The number of nitrogens with one attached hydrogen (secondary N) is 1. The monoisotopic (exact) mass is 317 g/mol. The van der Waals surface area contributed by atoms with Gasteiger partial charge in [0.2, 0.25) is 5.91 Å². The van der Waals surface area contributed by atoms with Gasteiger partial charge >= 0.3 is 0 Å². The lowest BCUT2D eigenvalue weighted by Gasteiger charge is -2.31. The predicted molar refractivity (Wildman–Crippen MR) is 88.4 cm³/mol. The van der Waals surface area contributed by atoms with Crippen LogP contribution in [0, 0.1) is 10.7 Å². The molecule has 1 saturated heterocycles. The summed E-state index contributed by atoms with van der Waals surface area (Å²) in [6.07, 6.45) is 2.17. The Hall–Kier alpha value is -1.95. The van der Waals surface area contributed by atoms with Gasteiger partial charge in [-0.3, -0.25) is 14.2 Å². The van der Waals surface area contributed by atoms with E-state index in [0.717, 1.165) is 25.9 Å². The van der Waals surface area contributed by atoms with Crippen LogP contribution in [0.15, 0.2) is 29.1 Å². The van der Waals surface area contributed by atoms with Gasteiger partial charge in [-0.1, -0.05) is 19.1 Å². The highest BCUT2D eigenvalue weighted by molar-refractivity contribution is 7.71. The van der Waals surface area contributed by atoms with Crippen LogP contribution < -0.4 is 5.56 Å². The molecule has 1 aromatic heterocycles. The number of para-hydroxylation sites is 1. The number of H-pyrrole nitrogens is 1. The number of likely N-dealkylation sites (tertiary alicyclic amines) is 1. The fourth-order valence-electron chi connectivity index (χ4n) is 2.99. The molecule has 1 atom stereocenters. The van der Waals surface area contributed by atoms with Crippen molar-refractivity contribution in [3.8, 4) is 0 Å². The third-order valence-electron chi connectivity index (χ3n) is 4.19. The highest BCUT2D eigenvalue weighted by Gasteiger charge is 2.21. The molecule has 0 radical (unpaired) electrons. The van der Waals surface area contributed by atoms with Crippen LogP contribution in [0.4, 0.5) is 0 Å². The maximum atomic E-state index is 12.5. The second-order valence-electron chi connectivity index (χ2n) is 5.95.